The van der Waals surface area contributed by atoms with Crippen molar-refractivity contribution < 1.29 is 9.53 Å². The highest BCUT2D eigenvalue weighted by molar-refractivity contribution is 5.40. The Balaban J connectivity index is 1.85. The molecule has 0 aromatic heterocycles. The summed E-state index contributed by atoms with van der Waals surface area (Å²) in [5.41, 5.74) is 2.22. The predicted octanol–water partition coefficient (Wildman–Crippen LogP) is 3.12. The molecule has 2 aliphatic rings. The van der Waals surface area contributed by atoms with E-state index in [4.69, 9.17) is 4.74 Å². The highest BCUT2D eigenvalue weighted by atomic mass is 16.5. The lowest BCUT2D eigenvalue weighted by atomic mass is 9.72. The quantitative estimate of drug-likeness (QED) is 0.600. The Morgan fingerprint density at radius 2 is 2.11 bits per heavy atom. The highest BCUT2D eigenvalue weighted by Gasteiger charge is 2.43. The molecular formula is C16H19NO2. The van der Waals surface area contributed by atoms with E-state index < -0.39 is 0 Å². The molecule has 1 aromatic carbocycles. The summed E-state index contributed by atoms with van der Waals surface area (Å²) < 4.78 is 5.58. The average Bonchev–Trinajstić information content (AvgIpc) is 3.14. The predicted molar refractivity (Wildman–Crippen MR) is 72.8 cm³/mol. The summed E-state index contributed by atoms with van der Waals surface area (Å²) in [5.74, 6) is 0. The molecule has 0 aliphatic heterocycles. The first-order chi connectivity index (χ1) is 9.22. The topological polar surface area (TPSA) is 38.7 Å². The smallest absolute Gasteiger partial charge is 0.235 e. The zero-order valence-corrected chi connectivity index (χ0v) is 11.3. The van der Waals surface area contributed by atoms with Crippen LogP contribution in [0.1, 0.15) is 43.2 Å². The van der Waals surface area contributed by atoms with Crippen molar-refractivity contribution in [3.8, 4) is 0 Å². The van der Waals surface area contributed by atoms with Crippen LogP contribution in [-0.4, -0.2) is 18.8 Å². The van der Waals surface area contributed by atoms with Gasteiger partial charge in [-0.1, -0.05) is 24.3 Å². The van der Waals surface area contributed by atoms with Gasteiger partial charge in [0.15, 0.2) is 0 Å². The molecule has 0 heterocycles. The molecule has 0 bridgehead atoms. The number of ether oxygens (including phenoxy) is 1. The van der Waals surface area contributed by atoms with Gasteiger partial charge in [0.2, 0.25) is 6.08 Å². The number of hydrogen-bond acceptors (Lipinski definition) is 3. The number of hydrogen-bond donors (Lipinski definition) is 0. The molecular weight excluding hydrogens is 238 g/mol. The van der Waals surface area contributed by atoms with Gasteiger partial charge in [-0.25, -0.2) is 4.79 Å². The monoisotopic (exact) mass is 257 g/mol. The van der Waals surface area contributed by atoms with Crippen LogP contribution in [0, 0.1) is 0 Å². The largest absolute Gasteiger partial charge is 0.378 e. The van der Waals surface area contributed by atoms with Gasteiger partial charge in [-0.05, 0) is 43.2 Å². The molecule has 100 valence electrons. The Bertz CT molecular complexity index is 523. The van der Waals surface area contributed by atoms with Crippen LogP contribution in [-0.2, 0) is 21.5 Å². The minimum Gasteiger partial charge on any atom is -0.378 e. The van der Waals surface area contributed by atoms with Crippen LogP contribution >= 0.6 is 0 Å². The number of isocyanates is 1. The fraction of sp³-hybridized carbons (Fsp3) is 0.562. The second kappa shape index (κ2) is 4.59. The molecule has 3 heteroatoms. The molecule has 2 saturated carbocycles. The van der Waals surface area contributed by atoms with E-state index in [0.29, 0.717) is 0 Å². The second-order valence-electron chi connectivity index (χ2n) is 5.85. The maximum Gasteiger partial charge on any atom is 0.235 e. The van der Waals surface area contributed by atoms with Crippen LogP contribution in [0.25, 0.3) is 0 Å². The van der Waals surface area contributed by atoms with Gasteiger partial charge in [0.1, 0.15) is 0 Å². The standard InChI is InChI=1S/C16H19NO2/c1-19-15(8-9-15)11-13-4-2-5-14(10-13)16(17-12-18)6-3-7-16/h2,4-5,10H,3,6-9,11H2,1H3. The van der Waals surface area contributed by atoms with E-state index >= 15 is 0 Å². The zero-order chi connectivity index (χ0) is 13.3. The Morgan fingerprint density at radius 1 is 1.32 bits per heavy atom. The van der Waals surface area contributed by atoms with Crippen molar-refractivity contribution >= 4 is 6.08 Å². The number of aliphatic imine (C=N–C) groups is 1. The van der Waals surface area contributed by atoms with Crippen molar-refractivity contribution in [1.82, 2.24) is 0 Å². The van der Waals surface area contributed by atoms with Gasteiger partial charge in [0, 0.05) is 13.5 Å². The fourth-order valence-corrected chi connectivity index (χ4v) is 3.00. The molecule has 0 amide bonds. The summed E-state index contributed by atoms with van der Waals surface area (Å²) in [6, 6.07) is 8.48. The maximum absolute atomic E-state index is 10.6. The molecule has 2 fully saturated rings. The Labute approximate surface area is 113 Å². The van der Waals surface area contributed by atoms with Crippen LogP contribution in [0.15, 0.2) is 29.3 Å². The third-order valence-electron chi connectivity index (χ3n) is 4.67. The molecule has 0 unspecified atom stereocenters. The number of nitrogens with zero attached hydrogens (tertiary/aromatic N) is 1. The van der Waals surface area contributed by atoms with Crippen LogP contribution in [0.2, 0.25) is 0 Å². The van der Waals surface area contributed by atoms with Crippen molar-refractivity contribution in [2.45, 2.75) is 49.7 Å². The van der Waals surface area contributed by atoms with Crippen molar-refractivity contribution in [2.24, 2.45) is 4.99 Å². The summed E-state index contributed by atoms with van der Waals surface area (Å²) >= 11 is 0. The first kappa shape index (κ1) is 12.6. The summed E-state index contributed by atoms with van der Waals surface area (Å²) in [5, 5.41) is 0. The van der Waals surface area contributed by atoms with E-state index in [2.05, 4.69) is 29.3 Å². The number of rotatable bonds is 5. The normalized spacial score (nSPS) is 22.2. The third kappa shape index (κ3) is 2.24. The molecule has 2 aliphatic carbocycles. The molecule has 19 heavy (non-hydrogen) atoms. The Hall–Kier alpha value is -1.44. The minimum atomic E-state index is -0.290. The zero-order valence-electron chi connectivity index (χ0n) is 11.3. The Morgan fingerprint density at radius 3 is 2.63 bits per heavy atom. The lowest BCUT2D eigenvalue weighted by Crippen LogP contribution is -2.32. The summed E-state index contributed by atoms with van der Waals surface area (Å²) in [4.78, 5) is 14.7. The lowest BCUT2D eigenvalue weighted by Gasteiger charge is -2.37. The fourth-order valence-electron chi connectivity index (χ4n) is 3.00. The van der Waals surface area contributed by atoms with Gasteiger partial charge in [-0.15, -0.1) is 0 Å². The molecule has 0 atom stereocenters. The summed E-state index contributed by atoms with van der Waals surface area (Å²) in [7, 11) is 1.79. The highest BCUT2D eigenvalue weighted by Crippen LogP contribution is 2.46. The number of methoxy groups -OCH3 is 1. The van der Waals surface area contributed by atoms with Crippen molar-refractivity contribution in [3.63, 3.8) is 0 Å². The van der Waals surface area contributed by atoms with Crippen molar-refractivity contribution in [1.29, 1.82) is 0 Å². The maximum atomic E-state index is 10.6. The van der Waals surface area contributed by atoms with Crippen molar-refractivity contribution in [3.05, 3.63) is 35.4 Å². The average molecular weight is 257 g/mol. The van der Waals surface area contributed by atoms with E-state index in [1.54, 1.807) is 13.2 Å². The minimum absolute atomic E-state index is 0.0688. The first-order valence-electron chi connectivity index (χ1n) is 6.96. The molecule has 3 nitrogen and oxygen atoms in total. The summed E-state index contributed by atoms with van der Waals surface area (Å²) in [6.07, 6.45) is 8.05. The summed E-state index contributed by atoms with van der Waals surface area (Å²) in [6.45, 7) is 0. The Kier molecular flexibility index (Phi) is 3.04. The molecule has 0 radical (unpaired) electrons. The van der Waals surface area contributed by atoms with Crippen LogP contribution in [0.4, 0.5) is 0 Å². The van der Waals surface area contributed by atoms with Gasteiger partial charge in [0.25, 0.3) is 0 Å². The van der Waals surface area contributed by atoms with Gasteiger partial charge in [0.05, 0.1) is 11.1 Å². The van der Waals surface area contributed by atoms with Gasteiger partial charge in [-0.3, -0.25) is 0 Å². The van der Waals surface area contributed by atoms with E-state index in [9.17, 15) is 4.79 Å². The molecule has 3 rings (SSSR count). The van der Waals surface area contributed by atoms with Crippen molar-refractivity contribution in [2.75, 3.05) is 7.11 Å². The van der Waals surface area contributed by atoms with Gasteiger partial charge < -0.3 is 4.74 Å². The lowest BCUT2D eigenvalue weighted by molar-refractivity contribution is 0.0807. The molecule has 1 aromatic rings. The SMILES string of the molecule is COC1(Cc2cccc(C3(N=C=O)CCC3)c2)CC1. The van der Waals surface area contributed by atoms with E-state index in [0.717, 1.165) is 44.1 Å². The van der Waals surface area contributed by atoms with Crippen LogP contribution in [0.5, 0.6) is 0 Å². The van der Waals surface area contributed by atoms with Crippen LogP contribution in [0.3, 0.4) is 0 Å². The van der Waals surface area contributed by atoms with E-state index in [-0.39, 0.29) is 11.1 Å². The molecule has 0 N–H and O–H groups in total. The second-order valence-corrected chi connectivity index (χ2v) is 5.85. The van der Waals surface area contributed by atoms with Gasteiger partial charge >= 0.3 is 0 Å². The first-order valence-corrected chi connectivity index (χ1v) is 6.96. The number of carbonyl (C=O) groups excluding carboxylic acids is 1. The van der Waals surface area contributed by atoms with Crippen LogP contribution < -0.4 is 0 Å². The van der Waals surface area contributed by atoms with E-state index in [1.165, 1.54) is 5.56 Å². The van der Waals surface area contributed by atoms with E-state index in [1.807, 2.05) is 0 Å². The molecule has 0 saturated heterocycles. The van der Waals surface area contributed by atoms with Gasteiger partial charge in [-0.2, -0.15) is 4.99 Å². The molecule has 0 spiro atoms. The third-order valence-corrected chi connectivity index (χ3v) is 4.67. The number of benzene rings is 1.